The summed E-state index contributed by atoms with van der Waals surface area (Å²) in [4.78, 5) is 0. The second-order valence-corrected chi connectivity index (χ2v) is 4.89. The van der Waals surface area contributed by atoms with Crippen LogP contribution in [0.4, 0.5) is 0 Å². The quantitative estimate of drug-likeness (QED) is 0.492. The van der Waals surface area contributed by atoms with Gasteiger partial charge in [0.25, 0.3) is 0 Å². The Labute approximate surface area is 92.7 Å². The van der Waals surface area contributed by atoms with Gasteiger partial charge in [-0.2, -0.15) is 0 Å². The van der Waals surface area contributed by atoms with E-state index in [-0.39, 0.29) is 0 Å². The number of rotatable bonds is 7. The molecule has 0 aromatic carbocycles. The Balaban J connectivity index is 4.64. The van der Waals surface area contributed by atoms with Crippen LogP contribution >= 0.6 is 0 Å². The Morgan fingerprint density at radius 3 is 1.33 bits per heavy atom. The first-order valence-electron chi connectivity index (χ1n) is 4.75. The summed E-state index contributed by atoms with van der Waals surface area (Å²) in [5.41, 5.74) is 1.58. The maximum Gasteiger partial charge on any atom is 0.727 e. The molecule has 0 rings (SSSR count). The summed E-state index contributed by atoms with van der Waals surface area (Å²) in [6.07, 6.45) is 9.93. The molecule has 0 spiro atoms. The van der Waals surface area contributed by atoms with E-state index in [1.807, 2.05) is 20.8 Å². The standard InChI is InChI=1S/C11H18O3Si/c1-5-9-12-15(8-4,13-10-6-2)14-11-7-3/h5-11H,4H2,1-3H3/b9-5-,10-6-,11-7-. The van der Waals surface area contributed by atoms with E-state index in [0.717, 1.165) is 0 Å². The molecule has 0 bridgehead atoms. The fourth-order valence-electron chi connectivity index (χ4n) is 0.716. The lowest BCUT2D eigenvalue weighted by molar-refractivity contribution is 0.196. The van der Waals surface area contributed by atoms with Gasteiger partial charge in [-0.15, -0.1) is 0 Å². The maximum atomic E-state index is 5.43. The summed E-state index contributed by atoms with van der Waals surface area (Å²) < 4.78 is 16.3. The Hall–Kier alpha value is -1.42. The van der Waals surface area contributed by atoms with E-state index >= 15 is 0 Å². The summed E-state index contributed by atoms with van der Waals surface area (Å²) in [6, 6.07) is 0. The molecule has 0 heterocycles. The molecule has 3 nitrogen and oxygen atoms in total. The lowest BCUT2D eigenvalue weighted by atomic mass is 10.7. The largest absolute Gasteiger partial charge is 0.727 e. The van der Waals surface area contributed by atoms with Crippen molar-refractivity contribution in [1.82, 2.24) is 0 Å². The smallest absolute Gasteiger partial charge is 0.487 e. The Morgan fingerprint density at radius 1 is 0.800 bits per heavy atom. The highest BCUT2D eigenvalue weighted by Crippen LogP contribution is 2.12. The van der Waals surface area contributed by atoms with E-state index in [4.69, 9.17) is 13.3 Å². The van der Waals surface area contributed by atoms with Crippen molar-refractivity contribution < 1.29 is 13.3 Å². The molecule has 0 amide bonds. The van der Waals surface area contributed by atoms with Gasteiger partial charge in [-0.1, -0.05) is 24.8 Å². The van der Waals surface area contributed by atoms with Gasteiger partial charge in [0.2, 0.25) is 0 Å². The van der Waals surface area contributed by atoms with E-state index in [1.165, 1.54) is 0 Å². The summed E-state index contributed by atoms with van der Waals surface area (Å²) in [7, 11) is -2.83. The van der Waals surface area contributed by atoms with Crippen LogP contribution in [0.15, 0.2) is 49.3 Å². The fraction of sp³-hybridized carbons (Fsp3) is 0.273. The van der Waals surface area contributed by atoms with Gasteiger partial charge >= 0.3 is 8.80 Å². The van der Waals surface area contributed by atoms with Gasteiger partial charge in [0.05, 0.1) is 18.8 Å². The second-order valence-electron chi connectivity index (χ2n) is 2.57. The highest BCUT2D eigenvalue weighted by Gasteiger charge is 2.42. The SMILES string of the molecule is C=C[Si](O/C=C\C)(O/C=C\C)O/C=C\C. The molecule has 0 aromatic heterocycles. The van der Waals surface area contributed by atoms with Crippen LogP contribution in [0.1, 0.15) is 20.8 Å². The minimum absolute atomic E-state index is 1.54. The number of hydrogen-bond donors (Lipinski definition) is 0. The number of allylic oxidation sites excluding steroid dienone is 3. The van der Waals surface area contributed by atoms with Gasteiger partial charge in [0, 0.05) is 5.70 Å². The molecule has 0 aliphatic heterocycles. The van der Waals surface area contributed by atoms with Crippen molar-refractivity contribution in [3.05, 3.63) is 49.3 Å². The molecular formula is C11H18O3Si. The Morgan fingerprint density at radius 2 is 1.13 bits per heavy atom. The van der Waals surface area contributed by atoms with Crippen molar-refractivity contribution >= 4 is 8.80 Å². The normalized spacial score (nSPS) is 12.5. The summed E-state index contributed by atoms with van der Waals surface area (Å²) in [5, 5.41) is 0. The third kappa shape index (κ3) is 5.12. The topological polar surface area (TPSA) is 27.7 Å². The van der Waals surface area contributed by atoms with Crippen molar-refractivity contribution in [2.75, 3.05) is 0 Å². The van der Waals surface area contributed by atoms with Crippen LogP contribution in [0, 0.1) is 0 Å². The lowest BCUT2D eigenvalue weighted by Crippen LogP contribution is -2.39. The highest BCUT2D eigenvalue weighted by atomic mass is 28.4. The van der Waals surface area contributed by atoms with Gasteiger partial charge in [-0.25, -0.2) is 0 Å². The predicted octanol–water partition coefficient (Wildman–Crippen LogP) is 3.30. The molecule has 84 valence electrons. The second kappa shape index (κ2) is 7.93. The molecule has 4 heteroatoms. The van der Waals surface area contributed by atoms with Crippen LogP contribution in [0.2, 0.25) is 0 Å². The first-order valence-corrected chi connectivity index (χ1v) is 6.55. The Kier molecular flexibility index (Phi) is 7.18. The van der Waals surface area contributed by atoms with Crippen molar-refractivity contribution in [3.8, 4) is 0 Å². The van der Waals surface area contributed by atoms with Gasteiger partial charge in [-0.3, -0.25) is 0 Å². The third-order valence-corrected chi connectivity index (χ3v) is 3.25. The summed E-state index contributed by atoms with van der Waals surface area (Å²) in [6.45, 7) is 9.24. The van der Waals surface area contributed by atoms with Crippen LogP contribution in [0.25, 0.3) is 0 Å². The molecule has 0 radical (unpaired) electrons. The van der Waals surface area contributed by atoms with E-state index in [0.29, 0.717) is 0 Å². The molecule has 0 unspecified atom stereocenters. The Bertz CT molecular complexity index is 221. The van der Waals surface area contributed by atoms with Gasteiger partial charge in [0.1, 0.15) is 0 Å². The van der Waals surface area contributed by atoms with Crippen molar-refractivity contribution in [2.24, 2.45) is 0 Å². The lowest BCUT2D eigenvalue weighted by Gasteiger charge is -2.22. The molecule has 15 heavy (non-hydrogen) atoms. The third-order valence-electron chi connectivity index (χ3n) is 1.36. The minimum Gasteiger partial charge on any atom is -0.487 e. The molecule has 0 aliphatic carbocycles. The minimum atomic E-state index is -2.83. The predicted molar refractivity (Wildman–Crippen MR) is 63.6 cm³/mol. The molecule has 0 atom stereocenters. The van der Waals surface area contributed by atoms with Crippen LogP contribution in [0.5, 0.6) is 0 Å². The van der Waals surface area contributed by atoms with Crippen LogP contribution < -0.4 is 0 Å². The maximum absolute atomic E-state index is 5.43. The zero-order chi connectivity index (χ0) is 11.6. The number of hydrogen-bond acceptors (Lipinski definition) is 3. The van der Waals surface area contributed by atoms with Crippen LogP contribution in [-0.2, 0) is 13.3 Å². The average molecular weight is 226 g/mol. The molecule has 0 saturated heterocycles. The van der Waals surface area contributed by atoms with Gasteiger partial charge < -0.3 is 13.3 Å². The molecule has 0 fully saturated rings. The van der Waals surface area contributed by atoms with Crippen LogP contribution in [0.3, 0.4) is 0 Å². The first kappa shape index (κ1) is 13.6. The van der Waals surface area contributed by atoms with Crippen LogP contribution in [-0.4, -0.2) is 8.80 Å². The zero-order valence-electron chi connectivity index (χ0n) is 9.47. The summed E-state index contributed by atoms with van der Waals surface area (Å²) >= 11 is 0. The fourth-order valence-corrected chi connectivity index (χ4v) is 2.15. The average Bonchev–Trinajstić information content (AvgIpc) is 2.29. The van der Waals surface area contributed by atoms with Crippen molar-refractivity contribution in [1.29, 1.82) is 0 Å². The first-order chi connectivity index (χ1) is 7.24. The van der Waals surface area contributed by atoms with Crippen molar-refractivity contribution in [3.63, 3.8) is 0 Å². The van der Waals surface area contributed by atoms with Gasteiger partial charge in [-0.05, 0) is 20.8 Å². The van der Waals surface area contributed by atoms with E-state index < -0.39 is 8.80 Å². The molecule has 0 aliphatic rings. The summed E-state index contributed by atoms with van der Waals surface area (Å²) in [5.74, 6) is 0. The van der Waals surface area contributed by atoms with E-state index in [1.54, 1.807) is 42.7 Å². The van der Waals surface area contributed by atoms with E-state index in [2.05, 4.69) is 6.58 Å². The molecule has 0 N–H and O–H groups in total. The van der Waals surface area contributed by atoms with E-state index in [9.17, 15) is 0 Å². The van der Waals surface area contributed by atoms with Crippen molar-refractivity contribution in [2.45, 2.75) is 20.8 Å². The zero-order valence-corrected chi connectivity index (χ0v) is 10.5. The molecular weight excluding hydrogens is 208 g/mol. The molecule has 0 saturated carbocycles. The van der Waals surface area contributed by atoms with Gasteiger partial charge in [0.15, 0.2) is 0 Å². The monoisotopic (exact) mass is 226 g/mol. The molecule has 0 aromatic rings. The highest BCUT2D eigenvalue weighted by molar-refractivity contribution is 6.66.